The Morgan fingerprint density at radius 2 is 1.43 bits per heavy atom. The fraction of sp³-hybridized carbons (Fsp3) is 0.240. The van der Waals surface area contributed by atoms with Crippen molar-refractivity contribution < 1.29 is 18.7 Å². The highest BCUT2D eigenvalue weighted by Gasteiger charge is 2.32. The zero-order chi connectivity index (χ0) is 20.2. The van der Waals surface area contributed by atoms with Gasteiger partial charge < -0.3 is 18.7 Å². The third kappa shape index (κ3) is 4.08. The van der Waals surface area contributed by atoms with Gasteiger partial charge in [-0.05, 0) is 12.1 Å². The summed E-state index contributed by atoms with van der Waals surface area (Å²) in [5, 5.41) is 4.25. The first-order chi connectivity index (χ1) is 14.9. The number of nitrogens with one attached hydrogen (secondary N) is 2. The average Bonchev–Trinajstić information content (AvgIpc) is 3.49. The van der Waals surface area contributed by atoms with Crippen molar-refractivity contribution in [2.24, 2.45) is 0 Å². The molecule has 2 aromatic heterocycles. The Balaban J connectivity index is 1.26. The molecule has 1 saturated heterocycles. The number of benzene rings is 2. The maximum atomic E-state index is 5.46. The summed E-state index contributed by atoms with van der Waals surface area (Å²) in [6.45, 7) is 5.39. The van der Waals surface area contributed by atoms with Crippen molar-refractivity contribution in [3.63, 3.8) is 0 Å². The summed E-state index contributed by atoms with van der Waals surface area (Å²) in [4.78, 5) is 3.19. The molecule has 0 spiro atoms. The monoisotopic (exact) mass is 401 g/mol. The largest absolute Gasteiger partial charge is 0.461 e. The predicted octanol–water partition coefficient (Wildman–Crippen LogP) is 2.01. The summed E-state index contributed by atoms with van der Waals surface area (Å²) in [6, 6.07) is 28.0. The highest BCUT2D eigenvalue weighted by Crippen LogP contribution is 2.20. The molecule has 1 aliphatic rings. The van der Waals surface area contributed by atoms with Gasteiger partial charge in [0.1, 0.15) is 44.5 Å². The van der Waals surface area contributed by atoms with Crippen molar-refractivity contribution in [2.45, 2.75) is 12.6 Å². The summed E-state index contributed by atoms with van der Waals surface area (Å²) in [6.07, 6.45) is 1.65. The lowest BCUT2D eigenvalue weighted by atomic mass is 9.96. The van der Waals surface area contributed by atoms with Gasteiger partial charge in [-0.1, -0.05) is 65.8 Å². The van der Waals surface area contributed by atoms with Crippen LogP contribution in [0.5, 0.6) is 0 Å². The molecule has 30 heavy (non-hydrogen) atoms. The van der Waals surface area contributed by atoms with Gasteiger partial charge in [-0.2, -0.15) is 0 Å². The fourth-order valence-corrected chi connectivity index (χ4v) is 4.53. The van der Waals surface area contributed by atoms with Crippen LogP contribution in [0.1, 0.15) is 22.9 Å². The summed E-state index contributed by atoms with van der Waals surface area (Å²) >= 11 is 0. The third-order valence-corrected chi connectivity index (χ3v) is 6.03. The second kappa shape index (κ2) is 8.69. The van der Waals surface area contributed by atoms with Crippen molar-refractivity contribution in [3.05, 3.63) is 102 Å². The lowest BCUT2D eigenvalue weighted by molar-refractivity contribution is -1.03. The number of hydrogen-bond donors (Lipinski definition) is 2. The molecule has 152 valence electrons. The molecule has 0 atom stereocenters. The van der Waals surface area contributed by atoms with E-state index in [1.807, 2.05) is 18.2 Å². The maximum Gasteiger partial charge on any atom is 0.202 e. The topological polar surface area (TPSA) is 48.1 Å². The SMILES string of the molecule is c1ccc(C(c2ccccc2)[NH+]2CC[NH+](Cc3cc(-c4ccco4)on3)CC2)cc1. The van der Waals surface area contributed by atoms with E-state index in [9.17, 15) is 0 Å². The van der Waals surface area contributed by atoms with E-state index in [4.69, 9.17) is 8.94 Å². The van der Waals surface area contributed by atoms with Crippen LogP contribution < -0.4 is 9.80 Å². The van der Waals surface area contributed by atoms with Crippen molar-refractivity contribution in [3.8, 4) is 11.5 Å². The van der Waals surface area contributed by atoms with Crippen LogP contribution >= 0.6 is 0 Å². The molecule has 2 aromatic carbocycles. The van der Waals surface area contributed by atoms with Gasteiger partial charge in [0.25, 0.3) is 0 Å². The van der Waals surface area contributed by atoms with Crippen LogP contribution in [0.15, 0.2) is 94.1 Å². The zero-order valence-electron chi connectivity index (χ0n) is 17.0. The van der Waals surface area contributed by atoms with E-state index >= 15 is 0 Å². The molecular formula is C25H27N3O2+2. The Hall–Kier alpha value is -3.15. The second-order valence-electron chi connectivity index (χ2n) is 8.00. The number of hydrogen-bond acceptors (Lipinski definition) is 3. The van der Waals surface area contributed by atoms with E-state index in [-0.39, 0.29) is 0 Å². The van der Waals surface area contributed by atoms with E-state index in [2.05, 4.69) is 65.8 Å². The molecule has 2 N–H and O–H groups in total. The van der Waals surface area contributed by atoms with E-state index in [1.54, 1.807) is 16.1 Å². The summed E-state index contributed by atoms with van der Waals surface area (Å²) in [7, 11) is 0. The summed E-state index contributed by atoms with van der Waals surface area (Å²) in [5.41, 5.74) is 3.77. The van der Waals surface area contributed by atoms with Gasteiger partial charge in [0.05, 0.1) is 6.26 Å². The van der Waals surface area contributed by atoms with Gasteiger partial charge in [-0.15, -0.1) is 0 Å². The average molecular weight is 402 g/mol. The number of furan rings is 1. The zero-order valence-corrected chi connectivity index (χ0v) is 17.0. The molecule has 0 amide bonds. The van der Waals surface area contributed by atoms with Crippen LogP contribution in [0.2, 0.25) is 0 Å². The van der Waals surface area contributed by atoms with Gasteiger partial charge >= 0.3 is 0 Å². The highest BCUT2D eigenvalue weighted by molar-refractivity contribution is 5.49. The first-order valence-corrected chi connectivity index (χ1v) is 10.6. The lowest BCUT2D eigenvalue weighted by Crippen LogP contribution is -3.27. The van der Waals surface area contributed by atoms with Crippen LogP contribution in [0.4, 0.5) is 0 Å². The number of nitrogens with zero attached hydrogens (tertiary/aromatic N) is 1. The fourth-order valence-electron chi connectivity index (χ4n) is 4.53. The Labute approximate surface area is 176 Å². The number of piperazine rings is 1. The van der Waals surface area contributed by atoms with Crippen molar-refractivity contribution >= 4 is 0 Å². The van der Waals surface area contributed by atoms with E-state index in [0.29, 0.717) is 11.8 Å². The van der Waals surface area contributed by atoms with Gasteiger partial charge in [-0.25, -0.2) is 0 Å². The van der Waals surface area contributed by atoms with Crippen LogP contribution in [0.3, 0.4) is 0 Å². The van der Waals surface area contributed by atoms with Crippen molar-refractivity contribution in [1.82, 2.24) is 5.16 Å². The minimum Gasteiger partial charge on any atom is -0.461 e. The van der Waals surface area contributed by atoms with Crippen LogP contribution in [-0.4, -0.2) is 31.3 Å². The van der Waals surface area contributed by atoms with E-state index in [0.717, 1.165) is 44.2 Å². The molecule has 5 rings (SSSR count). The van der Waals surface area contributed by atoms with Crippen LogP contribution in [0, 0.1) is 0 Å². The van der Waals surface area contributed by atoms with Crippen LogP contribution in [-0.2, 0) is 6.54 Å². The van der Waals surface area contributed by atoms with Crippen molar-refractivity contribution in [2.75, 3.05) is 26.2 Å². The molecule has 3 heterocycles. The Morgan fingerprint density at radius 1 is 0.767 bits per heavy atom. The maximum absolute atomic E-state index is 5.46. The number of rotatable bonds is 6. The van der Waals surface area contributed by atoms with Gasteiger partial charge in [0.2, 0.25) is 5.76 Å². The predicted molar refractivity (Wildman–Crippen MR) is 114 cm³/mol. The smallest absolute Gasteiger partial charge is 0.202 e. The Morgan fingerprint density at radius 3 is 2.03 bits per heavy atom. The summed E-state index contributed by atoms with van der Waals surface area (Å²) in [5.74, 6) is 1.43. The molecule has 0 unspecified atom stereocenters. The molecule has 1 aliphatic heterocycles. The third-order valence-electron chi connectivity index (χ3n) is 6.03. The molecule has 5 nitrogen and oxygen atoms in total. The van der Waals surface area contributed by atoms with Gasteiger partial charge in [0, 0.05) is 17.2 Å². The van der Waals surface area contributed by atoms with Gasteiger partial charge in [-0.3, -0.25) is 0 Å². The molecule has 0 aliphatic carbocycles. The number of aromatic nitrogens is 1. The highest BCUT2D eigenvalue weighted by atomic mass is 16.5. The lowest BCUT2D eigenvalue weighted by Gasteiger charge is -2.34. The quantitative estimate of drug-likeness (QED) is 0.520. The van der Waals surface area contributed by atoms with Gasteiger partial charge in [0.15, 0.2) is 5.76 Å². The molecule has 0 bridgehead atoms. The second-order valence-corrected chi connectivity index (χ2v) is 8.00. The van der Waals surface area contributed by atoms with E-state index in [1.165, 1.54) is 11.1 Å². The normalized spacial score (nSPS) is 19.2. The molecule has 5 heteroatoms. The molecule has 1 fully saturated rings. The minimum atomic E-state index is 0.381. The standard InChI is InChI=1S/C25H25N3O2/c1-3-8-20(9-4-1)25(21-10-5-2-6-11-21)28-15-13-27(14-16-28)19-22-18-24(30-26-22)23-12-7-17-29-23/h1-12,17-18,25H,13-16,19H2/p+2. The Bertz CT molecular complexity index is 997. The van der Waals surface area contributed by atoms with Crippen molar-refractivity contribution in [1.29, 1.82) is 0 Å². The summed E-state index contributed by atoms with van der Waals surface area (Å²) < 4.78 is 10.9. The Kier molecular flexibility index (Phi) is 5.46. The first kappa shape index (κ1) is 18.9. The molecule has 0 radical (unpaired) electrons. The molecule has 4 aromatic rings. The van der Waals surface area contributed by atoms with E-state index < -0.39 is 0 Å². The molecular weight excluding hydrogens is 374 g/mol. The first-order valence-electron chi connectivity index (χ1n) is 10.6. The molecule has 0 saturated carbocycles. The minimum absolute atomic E-state index is 0.381. The number of quaternary nitrogens is 2. The van der Waals surface area contributed by atoms with Crippen LogP contribution in [0.25, 0.3) is 11.5 Å².